The number of carbonyl (C=O) groups excluding carboxylic acids is 1. The molecule has 4 heteroatoms. The van der Waals surface area contributed by atoms with E-state index in [9.17, 15) is 4.79 Å². The van der Waals surface area contributed by atoms with Crippen molar-refractivity contribution in [3.8, 4) is 5.75 Å². The topological polar surface area (TPSA) is 35.5 Å². The third kappa shape index (κ3) is 3.56. The van der Waals surface area contributed by atoms with Gasteiger partial charge in [0, 0.05) is 11.1 Å². The molecular formula is C14H17BrO3. The minimum absolute atomic E-state index is 0.0349. The van der Waals surface area contributed by atoms with Crippen LogP contribution in [-0.4, -0.2) is 18.7 Å². The van der Waals surface area contributed by atoms with E-state index < -0.39 is 0 Å². The highest BCUT2D eigenvalue weighted by molar-refractivity contribution is 9.10. The van der Waals surface area contributed by atoms with Crippen LogP contribution in [0.4, 0.5) is 0 Å². The lowest BCUT2D eigenvalue weighted by molar-refractivity contribution is -0.144. The lowest BCUT2D eigenvalue weighted by Gasteiger charge is -2.27. The maximum absolute atomic E-state index is 12.0. The molecule has 1 aliphatic rings. The molecule has 18 heavy (non-hydrogen) atoms. The van der Waals surface area contributed by atoms with Crippen LogP contribution in [-0.2, 0) is 9.53 Å². The molecule has 2 unspecified atom stereocenters. The normalized spacial score (nSPS) is 23.7. The van der Waals surface area contributed by atoms with Crippen LogP contribution in [0.15, 0.2) is 28.7 Å². The highest BCUT2D eigenvalue weighted by Gasteiger charge is 2.28. The summed E-state index contributed by atoms with van der Waals surface area (Å²) in [6.07, 6.45) is 2.67. The van der Waals surface area contributed by atoms with Gasteiger partial charge in [0.15, 0.2) is 0 Å². The van der Waals surface area contributed by atoms with Crippen molar-refractivity contribution in [2.75, 3.05) is 6.61 Å². The molecule has 3 nitrogen and oxygen atoms in total. The summed E-state index contributed by atoms with van der Waals surface area (Å²) in [5.41, 5.74) is 0. The number of ether oxygens (including phenoxy) is 2. The standard InChI is InChI=1S/C14H17BrO3/c1-2-12-9-10(7-8-17-12)14(16)18-13-5-3-11(15)4-6-13/h3-6,10,12H,2,7-9H2,1H3. The van der Waals surface area contributed by atoms with Gasteiger partial charge in [0.1, 0.15) is 5.75 Å². The van der Waals surface area contributed by atoms with Gasteiger partial charge < -0.3 is 9.47 Å². The second kappa shape index (κ2) is 6.34. The average molecular weight is 313 g/mol. The summed E-state index contributed by atoms with van der Waals surface area (Å²) in [5.74, 6) is 0.425. The van der Waals surface area contributed by atoms with Crippen LogP contribution in [0.25, 0.3) is 0 Å². The number of benzene rings is 1. The van der Waals surface area contributed by atoms with Crippen LogP contribution < -0.4 is 4.74 Å². The molecule has 0 aromatic heterocycles. The Morgan fingerprint density at radius 2 is 2.17 bits per heavy atom. The summed E-state index contributed by atoms with van der Waals surface area (Å²) in [5, 5.41) is 0. The van der Waals surface area contributed by atoms with Crippen LogP contribution in [0.1, 0.15) is 26.2 Å². The van der Waals surface area contributed by atoms with Crippen LogP contribution in [0.2, 0.25) is 0 Å². The van der Waals surface area contributed by atoms with E-state index in [0.717, 1.165) is 23.7 Å². The van der Waals surface area contributed by atoms with Crippen molar-refractivity contribution in [1.82, 2.24) is 0 Å². The Bertz CT molecular complexity index is 402. The molecule has 1 aliphatic heterocycles. The summed E-state index contributed by atoms with van der Waals surface area (Å²) < 4.78 is 11.9. The highest BCUT2D eigenvalue weighted by Crippen LogP contribution is 2.24. The monoisotopic (exact) mass is 312 g/mol. The van der Waals surface area contributed by atoms with E-state index >= 15 is 0 Å². The second-order valence-electron chi connectivity index (χ2n) is 4.50. The summed E-state index contributed by atoms with van der Waals surface area (Å²) in [6, 6.07) is 7.31. The van der Waals surface area contributed by atoms with Crippen molar-refractivity contribution in [3.05, 3.63) is 28.7 Å². The highest BCUT2D eigenvalue weighted by atomic mass is 79.9. The molecule has 98 valence electrons. The molecule has 1 aromatic carbocycles. The molecule has 0 saturated carbocycles. The van der Waals surface area contributed by atoms with Crippen LogP contribution in [0, 0.1) is 5.92 Å². The Labute approximate surface area is 116 Å². The third-order valence-electron chi connectivity index (χ3n) is 3.19. The number of halogens is 1. The quantitative estimate of drug-likeness (QED) is 0.632. The molecule has 0 bridgehead atoms. The lowest BCUT2D eigenvalue weighted by atomic mass is 9.94. The molecule has 0 aliphatic carbocycles. The smallest absolute Gasteiger partial charge is 0.314 e. The molecule has 1 aromatic rings. The second-order valence-corrected chi connectivity index (χ2v) is 5.41. The summed E-state index contributed by atoms with van der Waals surface area (Å²) >= 11 is 3.35. The molecule has 1 heterocycles. The number of hydrogen-bond donors (Lipinski definition) is 0. The summed E-state index contributed by atoms with van der Waals surface area (Å²) in [4.78, 5) is 12.0. The van der Waals surface area contributed by atoms with Gasteiger partial charge in [0.25, 0.3) is 0 Å². The SMILES string of the molecule is CCC1CC(C(=O)Oc2ccc(Br)cc2)CCO1. The zero-order chi connectivity index (χ0) is 13.0. The first-order valence-electron chi connectivity index (χ1n) is 6.28. The molecule has 1 fully saturated rings. The van der Waals surface area contributed by atoms with Crippen LogP contribution >= 0.6 is 15.9 Å². The van der Waals surface area contributed by atoms with Gasteiger partial charge in [-0.2, -0.15) is 0 Å². The third-order valence-corrected chi connectivity index (χ3v) is 3.72. The van der Waals surface area contributed by atoms with Crippen molar-refractivity contribution in [2.24, 2.45) is 5.92 Å². The predicted molar refractivity (Wildman–Crippen MR) is 72.5 cm³/mol. The van der Waals surface area contributed by atoms with Gasteiger partial charge in [-0.3, -0.25) is 4.79 Å². The first kappa shape index (κ1) is 13.6. The van der Waals surface area contributed by atoms with Gasteiger partial charge in [-0.15, -0.1) is 0 Å². The molecule has 0 amide bonds. The van der Waals surface area contributed by atoms with Crippen LogP contribution in [0.5, 0.6) is 5.75 Å². The Balaban J connectivity index is 1.93. The van der Waals surface area contributed by atoms with Gasteiger partial charge in [-0.1, -0.05) is 22.9 Å². The fraction of sp³-hybridized carbons (Fsp3) is 0.500. The van der Waals surface area contributed by atoms with Gasteiger partial charge >= 0.3 is 5.97 Å². The Hall–Kier alpha value is -0.870. The maximum atomic E-state index is 12.0. The van der Waals surface area contributed by atoms with Crippen molar-refractivity contribution in [2.45, 2.75) is 32.3 Å². The van der Waals surface area contributed by atoms with Crippen LogP contribution in [0.3, 0.4) is 0 Å². The number of rotatable bonds is 3. The van der Waals surface area contributed by atoms with Crippen molar-refractivity contribution >= 4 is 21.9 Å². The van der Waals surface area contributed by atoms with E-state index in [2.05, 4.69) is 22.9 Å². The van der Waals surface area contributed by atoms with Crippen molar-refractivity contribution < 1.29 is 14.3 Å². The van der Waals surface area contributed by atoms with Gasteiger partial charge in [-0.25, -0.2) is 0 Å². The first-order chi connectivity index (χ1) is 8.69. The van der Waals surface area contributed by atoms with E-state index in [0.29, 0.717) is 12.4 Å². The zero-order valence-corrected chi connectivity index (χ0v) is 12.0. The van der Waals surface area contributed by atoms with Gasteiger partial charge in [0.2, 0.25) is 0 Å². The zero-order valence-electron chi connectivity index (χ0n) is 10.4. The molecule has 0 N–H and O–H groups in total. The number of esters is 1. The van der Waals surface area contributed by atoms with Crippen molar-refractivity contribution in [1.29, 1.82) is 0 Å². The van der Waals surface area contributed by atoms with E-state index in [1.165, 1.54) is 0 Å². The Kier molecular flexibility index (Phi) is 4.78. The Morgan fingerprint density at radius 1 is 1.44 bits per heavy atom. The fourth-order valence-corrected chi connectivity index (χ4v) is 2.35. The minimum Gasteiger partial charge on any atom is -0.426 e. The average Bonchev–Trinajstić information content (AvgIpc) is 2.41. The van der Waals surface area contributed by atoms with Gasteiger partial charge in [0.05, 0.1) is 12.0 Å². The number of carbonyl (C=O) groups is 1. The van der Waals surface area contributed by atoms with Gasteiger partial charge in [-0.05, 0) is 43.5 Å². The Morgan fingerprint density at radius 3 is 2.83 bits per heavy atom. The molecule has 2 rings (SSSR count). The molecule has 0 radical (unpaired) electrons. The fourth-order valence-electron chi connectivity index (χ4n) is 2.08. The minimum atomic E-state index is -0.140. The van der Waals surface area contributed by atoms with E-state index in [4.69, 9.17) is 9.47 Å². The van der Waals surface area contributed by atoms with E-state index in [1.807, 2.05) is 12.1 Å². The molecule has 0 spiro atoms. The molecule has 1 saturated heterocycles. The molecule has 2 atom stereocenters. The first-order valence-corrected chi connectivity index (χ1v) is 7.07. The predicted octanol–water partition coefficient (Wildman–Crippen LogP) is 3.56. The maximum Gasteiger partial charge on any atom is 0.314 e. The van der Waals surface area contributed by atoms with E-state index in [-0.39, 0.29) is 18.0 Å². The summed E-state index contributed by atoms with van der Waals surface area (Å²) in [6.45, 7) is 2.73. The lowest BCUT2D eigenvalue weighted by Crippen LogP contribution is -2.32. The largest absolute Gasteiger partial charge is 0.426 e. The summed E-state index contributed by atoms with van der Waals surface area (Å²) in [7, 11) is 0. The number of hydrogen-bond acceptors (Lipinski definition) is 3. The van der Waals surface area contributed by atoms with E-state index in [1.54, 1.807) is 12.1 Å². The van der Waals surface area contributed by atoms with Crippen molar-refractivity contribution in [3.63, 3.8) is 0 Å². The molecular weight excluding hydrogens is 296 g/mol.